The highest BCUT2D eigenvalue weighted by atomic mass is 35.5. The maximum Gasteiger partial charge on any atom is 0.180 e. The zero-order valence-electron chi connectivity index (χ0n) is 11.3. The van der Waals surface area contributed by atoms with Crippen LogP contribution in [0.15, 0.2) is 30.3 Å². The third kappa shape index (κ3) is 3.59. The zero-order chi connectivity index (χ0) is 15.4. The highest BCUT2D eigenvalue weighted by Gasteiger charge is 2.13. The molecule has 0 heterocycles. The number of methoxy groups -OCH3 is 1. The van der Waals surface area contributed by atoms with E-state index in [0.29, 0.717) is 28.6 Å². The van der Waals surface area contributed by atoms with Crippen molar-refractivity contribution in [2.24, 2.45) is 5.73 Å². The van der Waals surface area contributed by atoms with Gasteiger partial charge in [0, 0.05) is 12.1 Å². The normalized spacial score (nSPS) is 10.5. The van der Waals surface area contributed by atoms with Gasteiger partial charge in [-0.15, -0.1) is 0 Å². The van der Waals surface area contributed by atoms with E-state index >= 15 is 0 Å². The number of benzene rings is 2. The second-order valence-corrected chi connectivity index (χ2v) is 5.10. The molecular weight excluding hydrogens is 316 g/mol. The largest absolute Gasteiger partial charge is 0.493 e. The molecule has 0 bridgehead atoms. The summed E-state index contributed by atoms with van der Waals surface area (Å²) in [6, 6.07) is 7.98. The minimum atomic E-state index is -0.491. The van der Waals surface area contributed by atoms with Gasteiger partial charge in [-0.25, -0.2) is 4.39 Å². The highest BCUT2D eigenvalue weighted by Crippen LogP contribution is 2.37. The van der Waals surface area contributed by atoms with Crippen molar-refractivity contribution in [2.45, 2.75) is 13.2 Å². The Morgan fingerprint density at radius 3 is 2.67 bits per heavy atom. The van der Waals surface area contributed by atoms with Crippen LogP contribution in [0.4, 0.5) is 4.39 Å². The number of hydrogen-bond acceptors (Lipinski definition) is 3. The lowest BCUT2D eigenvalue weighted by Gasteiger charge is -2.14. The first-order valence-corrected chi connectivity index (χ1v) is 6.94. The molecule has 21 heavy (non-hydrogen) atoms. The molecule has 0 aliphatic heterocycles. The lowest BCUT2D eigenvalue weighted by molar-refractivity contribution is 0.284. The van der Waals surface area contributed by atoms with Gasteiger partial charge in [0.05, 0.1) is 17.2 Å². The van der Waals surface area contributed by atoms with Gasteiger partial charge in [0.15, 0.2) is 11.5 Å². The molecule has 0 radical (unpaired) electrons. The average Bonchev–Trinajstić information content (AvgIpc) is 2.49. The van der Waals surface area contributed by atoms with Crippen molar-refractivity contribution in [3.63, 3.8) is 0 Å². The van der Waals surface area contributed by atoms with Crippen molar-refractivity contribution in [3.8, 4) is 11.5 Å². The molecule has 112 valence electrons. The van der Waals surface area contributed by atoms with Crippen LogP contribution < -0.4 is 15.2 Å². The maximum absolute atomic E-state index is 13.4. The standard InChI is InChI=1S/C15H14Cl2FNO2/c1-20-13-6-9(7-19)5-11(16)15(13)21-8-10-3-2-4-12(18)14(10)17/h2-6H,7-8,19H2,1H3. The minimum absolute atomic E-state index is 0.0335. The Balaban J connectivity index is 2.25. The van der Waals surface area contributed by atoms with Crippen molar-refractivity contribution in [2.75, 3.05) is 7.11 Å². The molecule has 0 aliphatic rings. The van der Waals surface area contributed by atoms with Crippen molar-refractivity contribution in [1.29, 1.82) is 0 Å². The number of hydrogen-bond donors (Lipinski definition) is 1. The van der Waals surface area contributed by atoms with E-state index in [9.17, 15) is 4.39 Å². The molecule has 0 saturated heterocycles. The molecule has 0 unspecified atom stereocenters. The molecule has 2 aromatic rings. The van der Waals surface area contributed by atoms with Crippen molar-refractivity contribution in [1.82, 2.24) is 0 Å². The quantitative estimate of drug-likeness (QED) is 0.894. The van der Waals surface area contributed by atoms with Crippen LogP contribution in [0.25, 0.3) is 0 Å². The maximum atomic E-state index is 13.4. The first kappa shape index (κ1) is 15.9. The van der Waals surface area contributed by atoms with Crippen molar-refractivity contribution >= 4 is 23.2 Å². The summed E-state index contributed by atoms with van der Waals surface area (Å²) in [6.45, 7) is 0.417. The zero-order valence-corrected chi connectivity index (χ0v) is 12.8. The smallest absolute Gasteiger partial charge is 0.180 e. The molecule has 0 fully saturated rings. The van der Waals surface area contributed by atoms with Crippen LogP contribution in [-0.4, -0.2) is 7.11 Å². The summed E-state index contributed by atoms with van der Waals surface area (Å²) in [6.07, 6.45) is 0. The summed E-state index contributed by atoms with van der Waals surface area (Å²) in [4.78, 5) is 0. The Morgan fingerprint density at radius 1 is 1.24 bits per heavy atom. The third-order valence-electron chi connectivity index (χ3n) is 2.93. The van der Waals surface area contributed by atoms with Crippen LogP contribution in [0.5, 0.6) is 11.5 Å². The number of rotatable bonds is 5. The second-order valence-electron chi connectivity index (χ2n) is 4.31. The van der Waals surface area contributed by atoms with Gasteiger partial charge in [0.1, 0.15) is 12.4 Å². The van der Waals surface area contributed by atoms with Gasteiger partial charge in [-0.2, -0.15) is 0 Å². The molecule has 3 nitrogen and oxygen atoms in total. The summed E-state index contributed by atoms with van der Waals surface area (Å²) in [5, 5.41) is 0.411. The van der Waals surface area contributed by atoms with Crippen LogP contribution in [-0.2, 0) is 13.2 Å². The first-order valence-electron chi connectivity index (χ1n) is 6.19. The Labute approximate surface area is 132 Å². The predicted molar refractivity (Wildman–Crippen MR) is 81.6 cm³/mol. The van der Waals surface area contributed by atoms with Crippen molar-refractivity contribution in [3.05, 3.63) is 57.3 Å². The molecule has 0 aromatic heterocycles. The van der Waals surface area contributed by atoms with Gasteiger partial charge in [-0.3, -0.25) is 0 Å². The van der Waals surface area contributed by atoms with Crippen LogP contribution in [0, 0.1) is 5.82 Å². The number of halogens is 3. The lowest BCUT2D eigenvalue weighted by Crippen LogP contribution is -2.02. The van der Waals surface area contributed by atoms with Gasteiger partial charge in [-0.05, 0) is 23.8 Å². The molecule has 0 atom stereocenters. The van der Waals surface area contributed by atoms with Gasteiger partial charge >= 0.3 is 0 Å². The fourth-order valence-electron chi connectivity index (χ4n) is 1.84. The first-order chi connectivity index (χ1) is 10.1. The van der Waals surface area contributed by atoms with Gasteiger partial charge in [0.25, 0.3) is 0 Å². The fraction of sp³-hybridized carbons (Fsp3) is 0.200. The summed E-state index contributed by atoms with van der Waals surface area (Å²) < 4.78 is 24.2. The summed E-state index contributed by atoms with van der Waals surface area (Å²) in [5.74, 6) is 0.349. The number of nitrogens with two attached hydrogens (primary N) is 1. The molecule has 0 saturated carbocycles. The highest BCUT2D eigenvalue weighted by molar-refractivity contribution is 6.32. The fourth-order valence-corrected chi connectivity index (χ4v) is 2.31. The molecule has 2 N–H and O–H groups in total. The molecular formula is C15H14Cl2FNO2. The molecule has 2 aromatic carbocycles. The van der Waals surface area contributed by atoms with E-state index in [1.807, 2.05) is 0 Å². The number of ether oxygens (including phenoxy) is 2. The summed E-state index contributed by atoms with van der Waals surface area (Å²) >= 11 is 12.0. The van der Waals surface area contributed by atoms with Crippen LogP contribution in [0.2, 0.25) is 10.0 Å². The lowest BCUT2D eigenvalue weighted by atomic mass is 10.2. The SMILES string of the molecule is COc1cc(CN)cc(Cl)c1OCc1cccc(F)c1Cl. The second kappa shape index (κ2) is 6.98. The molecule has 0 spiro atoms. The molecule has 2 rings (SSSR count). The minimum Gasteiger partial charge on any atom is -0.493 e. The topological polar surface area (TPSA) is 44.5 Å². The Kier molecular flexibility index (Phi) is 5.28. The monoisotopic (exact) mass is 329 g/mol. The van der Waals surface area contributed by atoms with E-state index in [2.05, 4.69) is 0 Å². The Hall–Kier alpha value is -1.49. The van der Waals surface area contributed by atoms with Crippen LogP contribution in [0.3, 0.4) is 0 Å². The van der Waals surface area contributed by atoms with E-state index in [-0.39, 0.29) is 11.6 Å². The van der Waals surface area contributed by atoms with Crippen LogP contribution >= 0.6 is 23.2 Å². The van der Waals surface area contributed by atoms with E-state index < -0.39 is 5.82 Å². The van der Waals surface area contributed by atoms with E-state index in [1.54, 1.807) is 24.3 Å². The van der Waals surface area contributed by atoms with E-state index in [1.165, 1.54) is 13.2 Å². The predicted octanol–water partition coefficient (Wildman–Crippen LogP) is 4.18. The Morgan fingerprint density at radius 2 is 2.00 bits per heavy atom. The summed E-state index contributed by atoms with van der Waals surface area (Å²) in [7, 11) is 1.51. The molecule has 6 heteroatoms. The van der Waals surface area contributed by atoms with Crippen molar-refractivity contribution < 1.29 is 13.9 Å². The average molecular weight is 330 g/mol. The summed E-state index contributed by atoms with van der Waals surface area (Å²) in [5.41, 5.74) is 6.93. The van der Waals surface area contributed by atoms with Gasteiger partial charge in [0.2, 0.25) is 0 Å². The van der Waals surface area contributed by atoms with E-state index in [0.717, 1.165) is 5.56 Å². The van der Waals surface area contributed by atoms with Gasteiger partial charge < -0.3 is 15.2 Å². The third-order valence-corrected chi connectivity index (χ3v) is 3.63. The molecule has 0 aliphatic carbocycles. The van der Waals surface area contributed by atoms with Crippen LogP contribution in [0.1, 0.15) is 11.1 Å². The van der Waals surface area contributed by atoms with E-state index in [4.69, 9.17) is 38.4 Å². The Bertz CT molecular complexity index is 650. The molecule has 0 amide bonds. The van der Waals surface area contributed by atoms with Gasteiger partial charge in [-0.1, -0.05) is 35.3 Å².